The van der Waals surface area contributed by atoms with Gasteiger partial charge in [-0.3, -0.25) is 0 Å². The average molecular weight is 316 g/mol. The number of hydrogen-bond acceptors (Lipinski definition) is 4. The molecule has 1 fully saturated rings. The van der Waals surface area contributed by atoms with Crippen LogP contribution in [0.2, 0.25) is 0 Å². The highest BCUT2D eigenvalue weighted by atomic mass is 32.2. The third-order valence-corrected chi connectivity index (χ3v) is 5.46. The first-order valence-electron chi connectivity index (χ1n) is 6.91. The van der Waals surface area contributed by atoms with Crippen LogP contribution in [0.3, 0.4) is 0 Å². The van der Waals surface area contributed by atoms with Crippen molar-refractivity contribution in [2.24, 2.45) is 5.41 Å². The fourth-order valence-corrected chi connectivity index (χ4v) is 3.83. The summed E-state index contributed by atoms with van der Waals surface area (Å²) in [5.41, 5.74) is -0.582. The highest BCUT2D eigenvalue weighted by molar-refractivity contribution is 7.89. The molecule has 1 aromatic rings. The molecule has 1 aromatic heterocycles. The summed E-state index contributed by atoms with van der Waals surface area (Å²) in [7, 11) is -3.78. The Balaban J connectivity index is 2.07. The first-order chi connectivity index (χ1) is 9.88. The largest absolute Gasteiger partial charge is 0.477 e. The van der Waals surface area contributed by atoms with E-state index in [4.69, 9.17) is 5.11 Å². The van der Waals surface area contributed by atoms with E-state index in [1.165, 1.54) is 0 Å². The minimum absolute atomic E-state index is 0.0525. The summed E-state index contributed by atoms with van der Waals surface area (Å²) >= 11 is 0. The number of hydrogen-bond donors (Lipinski definition) is 4. The molecule has 0 aromatic carbocycles. The highest BCUT2D eigenvalue weighted by Gasteiger charge is 2.33. The van der Waals surface area contributed by atoms with Gasteiger partial charge in [0.1, 0.15) is 10.6 Å². The molecule has 7 nitrogen and oxygen atoms in total. The number of carboxylic acids is 1. The Labute approximate surface area is 123 Å². The number of sulfonamides is 1. The highest BCUT2D eigenvalue weighted by Crippen LogP contribution is 2.35. The molecule has 0 bridgehead atoms. The molecule has 0 unspecified atom stereocenters. The van der Waals surface area contributed by atoms with Crippen LogP contribution in [0.5, 0.6) is 0 Å². The number of aromatic amines is 1. The second kappa shape index (κ2) is 6.17. The van der Waals surface area contributed by atoms with Gasteiger partial charge in [0, 0.05) is 24.8 Å². The molecule has 4 N–H and O–H groups in total. The number of carbonyl (C=O) groups is 1. The molecule has 0 spiro atoms. The van der Waals surface area contributed by atoms with Crippen molar-refractivity contribution in [2.75, 3.05) is 13.2 Å². The van der Waals surface area contributed by atoms with Gasteiger partial charge in [0.05, 0.1) is 0 Å². The van der Waals surface area contributed by atoms with Crippen molar-refractivity contribution < 1.29 is 23.4 Å². The van der Waals surface area contributed by atoms with Crippen LogP contribution in [0.1, 0.15) is 42.6 Å². The molecule has 118 valence electrons. The quantitative estimate of drug-likeness (QED) is 0.622. The number of aromatic carboxylic acids is 1. The van der Waals surface area contributed by atoms with E-state index in [0.717, 1.165) is 44.4 Å². The summed E-state index contributed by atoms with van der Waals surface area (Å²) in [6.45, 7) is 0.114. The molecule has 0 atom stereocenters. The summed E-state index contributed by atoms with van der Waals surface area (Å²) in [4.78, 5) is 13.1. The third kappa shape index (κ3) is 3.63. The van der Waals surface area contributed by atoms with Crippen LogP contribution in [0.25, 0.3) is 0 Å². The molecule has 2 rings (SSSR count). The maximum Gasteiger partial charge on any atom is 0.352 e. The number of nitrogens with one attached hydrogen (secondary N) is 2. The van der Waals surface area contributed by atoms with Gasteiger partial charge in [-0.1, -0.05) is 19.3 Å². The predicted octanol–water partition coefficient (Wildman–Crippen LogP) is 0.934. The first kappa shape index (κ1) is 16.0. The van der Waals surface area contributed by atoms with Gasteiger partial charge in [-0.25, -0.2) is 17.9 Å². The maximum absolute atomic E-state index is 12.2. The van der Waals surface area contributed by atoms with E-state index in [1.807, 2.05) is 0 Å². The molecule has 1 aliphatic carbocycles. The van der Waals surface area contributed by atoms with E-state index in [2.05, 4.69) is 9.71 Å². The number of rotatable bonds is 6. The monoisotopic (exact) mass is 316 g/mol. The lowest BCUT2D eigenvalue weighted by Crippen LogP contribution is -2.41. The van der Waals surface area contributed by atoms with E-state index < -0.39 is 21.4 Å². The normalized spacial score (nSPS) is 18.5. The van der Waals surface area contributed by atoms with Crippen molar-refractivity contribution in [3.05, 3.63) is 18.0 Å². The Bertz CT molecular complexity index is 602. The summed E-state index contributed by atoms with van der Waals surface area (Å²) in [6, 6.07) is 1.08. The van der Waals surface area contributed by atoms with Crippen LogP contribution in [0.4, 0.5) is 0 Å². The summed E-state index contributed by atoms with van der Waals surface area (Å²) in [5.74, 6) is -1.21. The SMILES string of the molecule is O=C(O)c1cc(S(=O)(=O)NCC2(CO)CCCCC2)c[nH]1. The number of aromatic nitrogens is 1. The zero-order valence-electron chi connectivity index (χ0n) is 11.6. The molecular weight excluding hydrogens is 296 g/mol. The van der Waals surface area contributed by atoms with Gasteiger partial charge < -0.3 is 15.2 Å². The molecule has 0 aliphatic heterocycles. The van der Waals surface area contributed by atoms with Gasteiger partial charge in [0.25, 0.3) is 0 Å². The van der Waals surface area contributed by atoms with Crippen molar-refractivity contribution in [3.8, 4) is 0 Å². The second-order valence-corrected chi connectivity index (χ2v) is 7.36. The third-order valence-electron chi connectivity index (χ3n) is 4.08. The van der Waals surface area contributed by atoms with Crippen molar-refractivity contribution >= 4 is 16.0 Å². The van der Waals surface area contributed by atoms with Gasteiger partial charge in [0.2, 0.25) is 10.0 Å². The van der Waals surface area contributed by atoms with Gasteiger partial charge >= 0.3 is 5.97 Å². The van der Waals surface area contributed by atoms with E-state index in [1.54, 1.807) is 0 Å². The molecule has 21 heavy (non-hydrogen) atoms. The number of carboxylic acid groups (broad SMARTS) is 1. The standard InChI is InChI=1S/C13H20N2O5S/c16-9-13(4-2-1-3-5-13)8-15-21(19,20)10-6-11(12(17)18)14-7-10/h6-7,14-16H,1-5,8-9H2,(H,17,18). The molecule has 0 amide bonds. The summed E-state index contributed by atoms with van der Waals surface area (Å²) < 4.78 is 26.8. The van der Waals surface area contributed by atoms with Crippen LogP contribution in [0.15, 0.2) is 17.2 Å². The summed E-state index contributed by atoms with van der Waals surface area (Å²) in [6.07, 6.45) is 5.80. The molecular formula is C13H20N2O5S. The van der Waals surface area contributed by atoms with Crippen LogP contribution >= 0.6 is 0 Å². The van der Waals surface area contributed by atoms with Crippen molar-refractivity contribution in [3.63, 3.8) is 0 Å². The minimum atomic E-state index is -3.78. The van der Waals surface area contributed by atoms with Crippen LogP contribution in [-0.2, 0) is 10.0 Å². The van der Waals surface area contributed by atoms with E-state index in [9.17, 15) is 18.3 Å². The first-order valence-corrected chi connectivity index (χ1v) is 8.39. The smallest absolute Gasteiger partial charge is 0.352 e. The van der Waals surface area contributed by atoms with Gasteiger partial charge in [-0.05, 0) is 18.9 Å². The Hall–Kier alpha value is -1.38. The Kier molecular flexibility index (Phi) is 4.70. The van der Waals surface area contributed by atoms with Crippen molar-refractivity contribution in [1.29, 1.82) is 0 Å². The zero-order chi connectivity index (χ0) is 15.5. The van der Waals surface area contributed by atoms with E-state index in [0.29, 0.717) is 0 Å². The Morgan fingerprint density at radius 3 is 2.52 bits per heavy atom. The summed E-state index contributed by atoms with van der Waals surface area (Å²) in [5, 5.41) is 18.4. The number of aliphatic hydroxyl groups excluding tert-OH is 1. The topological polar surface area (TPSA) is 119 Å². The fourth-order valence-electron chi connectivity index (χ4n) is 2.68. The lowest BCUT2D eigenvalue weighted by Gasteiger charge is -2.35. The van der Waals surface area contributed by atoms with E-state index >= 15 is 0 Å². The molecule has 8 heteroatoms. The zero-order valence-corrected chi connectivity index (χ0v) is 12.4. The lowest BCUT2D eigenvalue weighted by molar-refractivity contribution is 0.0691. The van der Waals surface area contributed by atoms with Gasteiger partial charge in [-0.15, -0.1) is 0 Å². The molecule has 1 heterocycles. The molecule has 1 saturated carbocycles. The second-order valence-electron chi connectivity index (χ2n) is 5.60. The Morgan fingerprint density at radius 1 is 1.33 bits per heavy atom. The molecule has 0 saturated heterocycles. The molecule has 1 aliphatic rings. The fraction of sp³-hybridized carbons (Fsp3) is 0.615. The van der Waals surface area contributed by atoms with Crippen LogP contribution in [-0.4, -0.2) is 42.7 Å². The van der Waals surface area contributed by atoms with Crippen LogP contribution < -0.4 is 4.72 Å². The number of H-pyrrole nitrogens is 1. The predicted molar refractivity (Wildman–Crippen MR) is 75.5 cm³/mol. The maximum atomic E-state index is 12.2. The average Bonchev–Trinajstić information content (AvgIpc) is 2.97. The number of aliphatic hydroxyl groups is 1. The van der Waals surface area contributed by atoms with Gasteiger partial charge in [0.15, 0.2) is 0 Å². The minimum Gasteiger partial charge on any atom is -0.477 e. The Morgan fingerprint density at radius 2 is 2.00 bits per heavy atom. The van der Waals surface area contributed by atoms with Gasteiger partial charge in [-0.2, -0.15) is 0 Å². The van der Waals surface area contributed by atoms with Crippen molar-refractivity contribution in [1.82, 2.24) is 9.71 Å². The molecule has 0 radical (unpaired) electrons. The lowest BCUT2D eigenvalue weighted by atomic mass is 9.75. The van der Waals surface area contributed by atoms with E-state index in [-0.39, 0.29) is 23.7 Å². The van der Waals surface area contributed by atoms with Crippen molar-refractivity contribution in [2.45, 2.75) is 37.0 Å². The van der Waals surface area contributed by atoms with Crippen LogP contribution in [0, 0.1) is 5.41 Å².